The number of carboxylic acids is 1. The smallest absolute Gasteiger partial charge is 0.337 e. The third-order valence-corrected chi connectivity index (χ3v) is 3.70. The molecular weight excluding hydrogens is 276 g/mol. The number of carboxylic acid groups (broad SMARTS) is 1. The van der Waals surface area contributed by atoms with Crippen LogP contribution in [-0.2, 0) is 0 Å². The van der Waals surface area contributed by atoms with Crippen LogP contribution in [-0.4, -0.2) is 21.0 Å². The molecule has 0 bridgehead atoms. The largest absolute Gasteiger partial charge is 0.478 e. The summed E-state index contributed by atoms with van der Waals surface area (Å²) in [7, 11) is 0. The van der Waals surface area contributed by atoms with Gasteiger partial charge in [0, 0.05) is 29.2 Å². The quantitative estimate of drug-likeness (QED) is 0.765. The molecule has 4 nitrogen and oxygen atoms in total. The Labute approximate surface area is 128 Å². The number of aromatic nitrogens is 2. The molecule has 0 radical (unpaired) electrons. The Hall–Kier alpha value is -2.88. The van der Waals surface area contributed by atoms with E-state index in [0.29, 0.717) is 5.69 Å². The van der Waals surface area contributed by atoms with Gasteiger partial charge >= 0.3 is 5.97 Å². The predicted octanol–water partition coefficient (Wildman–Crippen LogP) is 4.06. The number of pyridine rings is 1. The monoisotopic (exact) mass is 292 g/mol. The average Bonchev–Trinajstić information content (AvgIpc) is 2.96. The minimum atomic E-state index is -0.938. The minimum Gasteiger partial charge on any atom is -0.478 e. The molecule has 22 heavy (non-hydrogen) atoms. The van der Waals surface area contributed by atoms with Crippen molar-refractivity contribution in [3.63, 3.8) is 0 Å². The van der Waals surface area contributed by atoms with Gasteiger partial charge in [-0.3, -0.25) is 4.98 Å². The van der Waals surface area contributed by atoms with Gasteiger partial charge in [-0.2, -0.15) is 0 Å². The normalized spacial score (nSPS) is 10.6. The standard InChI is InChI=1S/C18H16N2O2/c1-11-3-4-12(2)14(9-11)17-15(18(21)22)10-16(20-17)13-5-7-19-8-6-13/h3-10,20H,1-2H3,(H,21,22). The van der Waals surface area contributed by atoms with Crippen molar-refractivity contribution in [3.8, 4) is 22.5 Å². The second-order valence-corrected chi connectivity index (χ2v) is 5.33. The van der Waals surface area contributed by atoms with Crippen LogP contribution >= 0.6 is 0 Å². The van der Waals surface area contributed by atoms with Crippen molar-refractivity contribution < 1.29 is 9.90 Å². The molecule has 0 fully saturated rings. The van der Waals surface area contributed by atoms with Crippen LogP contribution in [0.5, 0.6) is 0 Å². The molecule has 3 aromatic rings. The van der Waals surface area contributed by atoms with E-state index in [4.69, 9.17) is 0 Å². The lowest BCUT2D eigenvalue weighted by Gasteiger charge is -2.07. The van der Waals surface area contributed by atoms with E-state index in [1.165, 1.54) is 0 Å². The molecule has 2 aromatic heterocycles. The third kappa shape index (κ3) is 2.51. The van der Waals surface area contributed by atoms with Gasteiger partial charge in [-0.25, -0.2) is 4.79 Å². The van der Waals surface area contributed by atoms with Gasteiger partial charge in [-0.05, 0) is 43.7 Å². The molecule has 0 saturated heterocycles. The lowest BCUT2D eigenvalue weighted by molar-refractivity contribution is 0.0698. The Morgan fingerprint density at radius 3 is 2.50 bits per heavy atom. The fraction of sp³-hybridized carbons (Fsp3) is 0.111. The van der Waals surface area contributed by atoms with Crippen LogP contribution < -0.4 is 0 Å². The zero-order chi connectivity index (χ0) is 15.7. The topological polar surface area (TPSA) is 66.0 Å². The Bertz CT molecular complexity index is 836. The molecule has 0 aliphatic carbocycles. The summed E-state index contributed by atoms with van der Waals surface area (Å²) in [4.78, 5) is 18.8. The highest BCUT2D eigenvalue weighted by Crippen LogP contribution is 2.31. The van der Waals surface area contributed by atoms with E-state index < -0.39 is 5.97 Å². The second-order valence-electron chi connectivity index (χ2n) is 5.33. The van der Waals surface area contributed by atoms with Crippen LogP contribution in [0.1, 0.15) is 21.5 Å². The molecule has 0 amide bonds. The van der Waals surface area contributed by atoms with Gasteiger partial charge < -0.3 is 10.1 Å². The SMILES string of the molecule is Cc1ccc(C)c(-c2[nH]c(-c3ccncc3)cc2C(=O)O)c1. The van der Waals surface area contributed by atoms with Gasteiger partial charge in [0.25, 0.3) is 0 Å². The molecule has 2 heterocycles. The number of hydrogen-bond acceptors (Lipinski definition) is 2. The summed E-state index contributed by atoms with van der Waals surface area (Å²) in [6.45, 7) is 3.98. The number of nitrogens with zero attached hydrogens (tertiary/aromatic N) is 1. The minimum absolute atomic E-state index is 0.278. The van der Waals surface area contributed by atoms with E-state index in [1.807, 2.05) is 44.2 Å². The number of aryl methyl sites for hydroxylation is 2. The Kier molecular flexibility index (Phi) is 3.51. The van der Waals surface area contributed by atoms with Gasteiger partial charge in [0.2, 0.25) is 0 Å². The first-order valence-electron chi connectivity index (χ1n) is 7.00. The van der Waals surface area contributed by atoms with Crippen LogP contribution in [0, 0.1) is 13.8 Å². The fourth-order valence-corrected chi connectivity index (χ4v) is 2.53. The maximum Gasteiger partial charge on any atom is 0.337 e. The third-order valence-electron chi connectivity index (χ3n) is 3.70. The van der Waals surface area contributed by atoms with Crippen molar-refractivity contribution in [2.45, 2.75) is 13.8 Å². The summed E-state index contributed by atoms with van der Waals surface area (Å²) in [6, 6.07) is 11.4. The fourth-order valence-electron chi connectivity index (χ4n) is 2.53. The number of benzene rings is 1. The van der Waals surface area contributed by atoms with Crippen LogP contribution in [0.25, 0.3) is 22.5 Å². The number of nitrogens with one attached hydrogen (secondary N) is 1. The maximum absolute atomic E-state index is 11.6. The highest BCUT2D eigenvalue weighted by molar-refractivity contribution is 5.97. The van der Waals surface area contributed by atoms with E-state index >= 15 is 0 Å². The molecule has 1 aromatic carbocycles. The number of rotatable bonds is 3. The molecule has 0 aliphatic rings. The molecule has 0 unspecified atom stereocenters. The van der Waals surface area contributed by atoms with E-state index in [-0.39, 0.29) is 5.56 Å². The summed E-state index contributed by atoms with van der Waals surface area (Å²) >= 11 is 0. The molecule has 3 rings (SSSR count). The first-order valence-corrected chi connectivity index (χ1v) is 7.00. The summed E-state index contributed by atoms with van der Waals surface area (Å²) in [5.74, 6) is -0.938. The lowest BCUT2D eigenvalue weighted by Crippen LogP contribution is -1.98. The lowest BCUT2D eigenvalue weighted by atomic mass is 10.0. The van der Waals surface area contributed by atoms with Gasteiger partial charge in [-0.15, -0.1) is 0 Å². The van der Waals surface area contributed by atoms with Gasteiger partial charge in [0.15, 0.2) is 0 Å². The zero-order valence-electron chi connectivity index (χ0n) is 12.4. The highest BCUT2D eigenvalue weighted by atomic mass is 16.4. The number of hydrogen-bond donors (Lipinski definition) is 2. The van der Waals surface area contributed by atoms with E-state index in [9.17, 15) is 9.90 Å². The summed E-state index contributed by atoms with van der Waals surface area (Å²) < 4.78 is 0. The number of aromatic amines is 1. The Balaban J connectivity index is 2.21. The van der Waals surface area contributed by atoms with Crippen molar-refractivity contribution in [2.75, 3.05) is 0 Å². The van der Waals surface area contributed by atoms with Crippen molar-refractivity contribution in [3.05, 3.63) is 65.5 Å². The van der Waals surface area contributed by atoms with Crippen LogP contribution in [0.2, 0.25) is 0 Å². The molecule has 0 aliphatic heterocycles. The molecule has 4 heteroatoms. The van der Waals surface area contributed by atoms with Crippen molar-refractivity contribution in [1.82, 2.24) is 9.97 Å². The van der Waals surface area contributed by atoms with E-state index in [2.05, 4.69) is 9.97 Å². The Morgan fingerprint density at radius 1 is 1.09 bits per heavy atom. The van der Waals surface area contributed by atoms with Crippen LogP contribution in [0.3, 0.4) is 0 Å². The van der Waals surface area contributed by atoms with Gasteiger partial charge in [0.1, 0.15) is 0 Å². The second kappa shape index (κ2) is 5.48. The molecule has 0 spiro atoms. The highest BCUT2D eigenvalue weighted by Gasteiger charge is 2.18. The van der Waals surface area contributed by atoms with Crippen molar-refractivity contribution >= 4 is 5.97 Å². The molecule has 0 saturated carbocycles. The van der Waals surface area contributed by atoms with Crippen molar-refractivity contribution in [1.29, 1.82) is 0 Å². The Morgan fingerprint density at radius 2 is 1.82 bits per heavy atom. The summed E-state index contributed by atoms with van der Waals surface area (Å²) in [6.07, 6.45) is 3.38. The predicted molar refractivity (Wildman–Crippen MR) is 85.9 cm³/mol. The summed E-state index contributed by atoms with van der Waals surface area (Å²) in [5, 5.41) is 9.52. The molecular formula is C18H16N2O2. The van der Waals surface area contributed by atoms with Gasteiger partial charge in [-0.1, -0.05) is 17.7 Å². The number of aromatic carboxylic acids is 1. The molecule has 0 atom stereocenters. The van der Waals surface area contributed by atoms with Crippen LogP contribution in [0.4, 0.5) is 0 Å². The van der Waals surface area contributed by atoms with E-state index in [1.54, 1.807) is 18.5 Å². The zero-order valence-corrected chi connectivity index (χ0v) is 12.4. The van der Waals surface area contributed by atoms with Crippen LogP contribution in [0.15, 0.2) is 48.8 Å². The first kappa shape index (κ1) is 14.1. The first-order chi connectivity index (χ1) is 10.6. The maximum atomic E-state index is 11.6. The molecule has 2 N–H and O–H groups in total. The molecule has 110 valence electrons. The number of carbonyl (C=O) groups is 1. The average molecular weight is 292 g/mol. The van der Waals surface area contributed by atoms with Gasteiger partial charge in [0.05, 0.1) is 11.3 Å². The van der Waals surface area contributed by atoms with E-state index in [0.717, 1.165) is 27.9 Å². The number of H-pyrrole nitrogens is 1. The van der Waals surface area contributed by atoms with Crippen molar-refractivity contribution in [2.24, 2.45) is 0 Å². The summed E-state index contributed by atoms with van der Waals surface area (Å²) in [5.41, 5.74) is 5.65.